The van der Waals surface area contributed by atoms with Gasteiger partial charge < -0.3 is 0 Å². The molecule has 3 aliphatic rings. The summed E-state index contributed by atoms with van der Waals surface area (Å²) in [5, 5.41) is 0.927. The van der Waals surface area contributed by atoms with E-state index in [0.717, 1.165) is 22.1 Å². The van der Waals surface area contributed by atoms with Gasteiger partial charge in [-0.2, -0.15) is 16.8 Å². The monoisotopic (exact) mass is 594 g/mol. The Labute approximate surface area is 241 Å². The van der Waals surface area contributed by atoms with Crippen LogP contribution in [0.15, 0.2) is 102 Å². The third-order valence-corrected chi connectivity index (χ3v) is 12.2. The molecule has 2 atom stereocenters. The zero-order valence-electron chi connectivity index (χ0n) is 21.9. The third kappa shape index (κ3) is 2.92. The van der Waals surface area contributed by atoms with Gasteiger partial charge in [0.25, 0.3) is 20.2 Å². The minimum Gasteiger partial charge on any atom is -0.285 e. The number of rotatable bonds is 5. The summed E-state index contributed by atoms with van der Waals surface area (Å²) in [5.74, 6) is 0. The number of benzene rings is 4. The largest absolute Gasteiger partial charge is 0.285 e. The number of hydrogen-bond donors (Lipinski definition) is 2. The highest BCUT2D eigenvalue weighted by molar-refractivity contribution is 7.92. The molecular formula is C32H22N2O6S2. The van der Waals surface area contributed by atoms with Crippen molar-refractivity contribution in [2.24, 2.45) is 4.99 Å². The summed E-state index contributed by atoms with van der Waals surface area (Å²) in [7, 11) is -10.6. The van der Waals surface area contributed by atoms with Gasteiger partial charge in [0, 0.05) is 23.8 Å². The SMILES string of the molecule is O=S(=O)(O)C12Cc3cccc(c3C1(c1ccccc1)S(=O)(=O)O)N=C2c1nc2cccc3c2c(-c2ccccc2)c1C3. The van der Waals surface area contributed by atoms with Crippen molar-refractivity contribution < 1.29 is 25.9 Å². The number of aliphatic imine (C=N–C) groups is 1. The van der Waals surface area contributed by atoms with Gasteiger partial charge in [-0.05, 0) is 45.5 Å². The topological polar surface area (TPSA) is 134 Å². The highest BCUT2D eigenvalue weighted by Gasteiger charge is 2.77. The summed E-state index contributed by atoms with van der Waals surface area (Å²) in [5.41, 5.74) is 4.57. The molecule has 1 aliphatic heterocycles. The molecule has 2 heterocycles. The molecule has 5 aromatic rings. The minimum absolute atomic E-state index is 0.00469. The average Bonchev–Trinajstić information content (AvgIpc) is 3.48. The zero-order valence-corrected chi connectivity index (χ0v) is 23.5. The molecule has 0 saturated carbocycles. The van der Waals surface area contributed by atoms with Crippen molar-refractivity contribution in [1.29, 1.82) is 0 Å². The number of hydrogen-bond acceptors (Lipinski definition) is 6. The third-order valence-electron chi connectivity index (χ3n) is 8.96. The lowest BCUT2D eigenvalue weighted by Crippen LogP contribution is -2.65. The number of fused-ring (bicyclic) bond motifs is 2. The zero-order chi connectivity index (χ0) is 29.1. The van der Waals surface area contributed by atoms with Crippen LogP contribution in [0.2, 0.25) is 0 Å². The molecule has 2 unspecified atom stereocenters. The van der Waals surface area contributed by atoms with Crippen LogP contribution in [0, 0.1) is 0 Å². The van der Waals surface area contributed by atoms with Crippen molar-refractivity contribution in [2.45, 2.75) is 22.3 Å². The first kappa shape index (κ1) is 25.5. The van der Waals surface area contributed by atoms with Crippen molar-refractivity contribution in [3.05, 3.63) is 131 Å². The standard InChI is InChI=1S/C32H22N2O6S2/c35-41(36,37)31-18-21-12-8-16-25(28(21)32(31,42(38,39)40)22-13-5-2-6-14-22)34-30(31)29-23-17-20-11-7-15-24(33-29)27(20)26(23)19-9-3-1-4-10-19/h1-16H,17-18H2,(H,35,36,37)(H,38,39,40). The Morgan fingerprint density at radius 3 is 2.07 bits per heavy atom. The maximum absolute atomic E-state index is 13.9. The molecule has 8 nitrogen and oxygen atoms in total. The Balaban J connectivity index is 1.57. The van der Waals surface area contributed by atoms with Gasteiger partial charge in [0.05, 0.1) is 22.6 Å². The maximum Gasteiger partial charge on any atom is 0.281 e. The van der Waals surface area contributed by atoms with E-state index in [2.05, 4.69) is 0 Å². The molecule has 8 rings (SSSR count). The van der Waals surface area contributed by atoms with E-state index < -0.39 is 36.2 Å². The van der Waals surface area contributed by atoms with Gasteiger partial charge in [0.2, 0.25) is 0 Å². The van der Waals surface area contributed by atoms with Crippen molar-refractivity contribution in [2.75, 3.05) is 0 Å². The number of aromatic nitrogens is 1. The minimum atomic E-state index is -5.32. The lowest BCUT2D eigenvalue weighted by atomic mass is 9.77. The van der Waals surface area contributed by atoms with Crippen molar-refractivity contribution in [3.63, 3.8) is 0 Å². The fourth-order valence-corrected chi connectivity index (χ4v) is 11.0. The van der Waals surface area contributed by atoms with Gasteiger partial charge >= 0.3 is 0 Å². The van der Waals surface area contributed by atoms with Crippen molar-refractivity contribution in [3.8, 4) is 11.1 Å². The molecular weight excluding hydrogens is 572 g/mol. The Kier molecular flexibility index (Phi) is 4.98. The summed E-state index contributed by atoms with van der Waals surface area (Å²) in [6, 6.07) is 27.9. The lowest BCUT2D eigenvalue weighted by molar-refractivity contribution is 0.399. The molecule has 2 aliphatic carbocycles. The van der Waals surface area contributed by atoms with E-state index in [0.29, 0.717) is 23.1 Å². The molecule has 0 radical (unpaired) electrons. The van der Waals surface area contributed by atoms with Crippen molar-refractivity contribution in [1.82, 2.24) is 4.98 Å². The van der Waals surface area contributed by atoms with Gasteiger partial charge in [-0.1, -0.05) is 84.9 Å². The van der Waals surface area contributed by atoms with Gasteiger partial charge in [-0.3, -0.25) is 9.11 Å². The van der Waals surface area contributed by atoms with E-state index in [1.807, 2.05) is 48.5 Å². The number of nitrogens with zero attached hydrogens (tertiary/aromatic N) is 2. The molecule has 10 heteroatoms. The van der Waals surface area contributed by atoms with E-state index in [-0.39, 0.29) is 28.2 Å². The predicted octanol–water partition coefficient (Wildman–Crippen LogP) is 5.25. The summed E-state index contributed by atoms with van der Waals surface area (Å²) in [6.07, 6.45) is -0.0264. The van der Waals surface area contributed by atoms with E-state index in [1.165, 1.54) is 12.1 Å². The second-order valence-electron chi connectivity index (χ2n) is 10.9. The summed E-state index contributed by atoms with van der Waals surface area (Å²) in [4.78, 5) is 9.72. The van der Waals surface area contributed by atoms with Crippen LogP contribution in [-0.2, 0) is 37.8 Å². The average molecular weight is 595 g/mol. The van der Waals surface area contributed by atoms with Gasteiger partial charge in [0.15, 0.2) is 9.49 Å². The summed E-state index contributed by atoms with van der Waals surface area (Å²) >= 11 is 0. The normalized spacial score (nSPS) is 22.1. The second kappa shape index (κ2) is 8.20. The van der Waals surface area contributed by atoms with E-state index >= 15 is 0 Å². The van der Waals surface area contributed by atoms with Gasteiger partial charge in [0.1, 0.15) is 0 Å². The quantitative estimate of drug-likeness (QED) is 0.260. The smallest absolute Gasteiger partial charge is 0.281 e. The second-order valence-corrected chi connectivity index (χ2v) is 14.2. The molecule has 42 heavy (non-hydrogen) atoms. The molecule has 2 N–H and O–H groups in total. The Bertz CT molecular complexity index is 2250. The van der Waals surface area contributed by atoms with Crippen LogP contribution in [0.4, 0.5) is 5.69 Å². The highest BCUT2D eigenvalue weighted by Crippen LogP contribution is 2.63. The van der Waals surface area contributed by atoms with Crippen LogP contribution in [0.5, 0.6) is 0 Å². The van der Waals surface area contributed by atoms with Crippen LogP contribution in [0.3, 0.4) is 0 Å². The first-order valence-corrected chi connectivity index (χ1v) is 16.2. The Morgan fingerprint density at radius 2 is 1.38 bits per heavy atom. The molecule has 1 aromatic heterocycles. The predicted molar refractivity (Wildman–Crippen MR) is 159 cm³/mol. The van der Waals surface area contributed by atoms with E-state index in [1.54, 1.807) is 36.4 Å². The van der Waals surface area contributed by atoms with Crippen LogP contribution in [-0.4, -0.2) is 41.4 Å². The fraction of sp³-hybridized carbons (Fsp3) is 0.125. The molecule has 0 amide bonds. The molecule has 4 aromatic carbocycles. The molecule has 0 spiro atoms. The Morgan fingerprint density at radius 1 is 0.714 bits per heavy atom. The van der Waals surface area contributed by atoms with E-state index in [4.69, 9.17) is 9.98 Å². The fourth-order valence-electron chi connectivity index (χ4n) is 7.52. The van der Waals surface area contributed by atoms with Crippen LogP contribution >= 0.6 is 0 Å². The van der Waals surface area contributed by atoms with E-state index in [9.17, 15) is 25.9 Å². The van der Waals surface area contributed by atoms with Crippen LogP contribution < -0.4 is 0 Å². The lowest BCUT2D eigenvalue weighted by Gasteiger charge is -2.45. The van der Waals surface area contributed by atoms with Crippen LogP contribution in [0.1, 0.15) is 33.5 Å². The van der Waals surface area contributed by atoms with Gasteiger partial charge in [-0.25, -0.2) is 9.98 Å². The summed E-state index contributed by atoms with van der Waals surface area (Å²) < 4.78 is 72.9. The molecule has 208 valence electrons. The first-order valence-electron chi connectivity index (χ1n) is 13.3. The van der Waals surface area contributed by atoms with Crippen molar-refractivity contribution >= 4 is 42.5 Å². The molecule has 0 fully saturated rings. The maximum atomic E-state index is 13.9. The molecule has 4 bridgehead atoms. The highest BCUT2D eigenvalue weighted by atomic mass is 32.2. The Hall–Kier alpha value is -4.22. The van der Waals surface area contributed by atoms with Crippen LogP contribution in [0.25, 0.3) is 22.0 Å². The van der Waals surface area contributed by atoms with Gasteiger partial charge in [-0.15, -0.1) is 0 Å². The number of pyridine rings is 1. The first-order chi connectivity index (χ1) is 20.1. The molecule has 0 saturated heterocycles. The summed E-state index contributed by atoms with van der Waals surface area (Å²) in [6.45, 7) is 0.